The molecule has 0 aromatic heterocycles. The van der Waals surface area contributed by atoms with Crippen LogP contribution in [0.15, 0.2) is 29.2 Å². The minimum atomic E-state index is -0.178. The van der Waals surface area contributed by atoms with Crippen LogP contribution in [0.4, 0.5) is 4.39 Å². The Morgan fingerprint density at radius 2 is 1.94 bits per heavy atom. The number of halogens is 1. The first-order valence-corrected chi connectivity index (χ1v) is 7.05. The molecule has 2 rings (SSSR count). The van der Waals surface area contributed by atoms with Gasteiger partial charge in [0, 0.05) is 16.2 Å². The summed E-state index contributed by atoms with van der Waals surface area (Å²) in [6.07, 6.45) is 3.60. The van der Waals surface area contributed by atoms with Crippen molar-refractivity contribution < 1.29 is 4.39 Å². The van der Waals surface area contributed by atoms with Gasteiger partial charge in [-0.1, -0.05) is 20.3 Å². The Morgan fingerprint density at radius 3 is 2.59 bits per heavy atom. The van der Waals surface area contributed by atoms with Crippen molar-refractivity contribution in [2.24, 2.45) is 11.1 Å². The molecule has 0 spiro atoms. The molecular formula is C14H20FNS. The molecule has 94 valence electrons. The molecule has 17 heavy (non-hydrogen) atoms. The highest BCUT2D eigenvalue weighted by molar-refractivity contribution is 8.00. The second kappa shape index (κ2) is 4.99. The molecule has 1 aromatic carbocycles. The minimum absolute atomic E-state index is 0.178. The SMILES string of the molecule is CC1(C)CCCC(Sc2ccc(F)cc2)C1N. The van der Waals surface area contributed by atoms with Gasteiger partial charge in [-0.15, -0.1) is 11.8 Å². The fourth-order valence-electron chi connectivity index (χ4n) is 2.43. The number of hydrogen-bond donors (Lipinski definition) is 1. The van der Waals surface area contributed by atoms with E-state index in [1.807, 2.05) is 12.1 Å². The summed E-state index contributed by atoms with van der Waals surface area (Å²) in [7, 11) is 0. The van der Waals surface area contributed by atoms with Crippen LogP contribution in [0.5, 0.6) is 0 Å². The maximum absolute atomic E-state index is 12.8. The molecule has 1 aliphatic carbocycles. The first kappa shape index (κ1) is 12.9. The largest absolute Gasteiger partial charge is 0.326 e. The summed E-state index contributed by atoms with van der Waals surface area (Å²) in [6.45, 7) is 4.49. The second-order valence-electron chi connectivity index (χ2n) is 5.52. The van der Waals surface area contributed by atoms with Crippen LogP contribution in [-0.4, -0.2) is 11.3 Å². The van der Waals surface area contributed by atoms with E-state index in [1.165, 1.54) is 25.0 Å². The zero-order chi connectivity index (χ0) is 12.5. The summed E-state index contributed by atoms with van der Waals surface area (Å²) in [6, 6.07) is 6.93. The molecule has 1 aromatic rings. The zero-order valence-electron chi connectivity index (χ0n) is 10.4. The van der Waals surface area contributed by atoms with Gasteiger partial charge in [-0.25, -0.2) is 4.39 Å². The highest BCUT2D eigenvalue weighted by Crippen LogP contribution is 2.41. The van der Waals surface area contributed by atoms with Gasteiger partial charge < -0.3 is 5.73 Å². The van der Waals surface area contributed by atoms with Gasteiger partial charge in [-0.05, 0) is 42.5 Å². The Kier molecular flexibility index (Phi) is 3.79. The molecule has 3 heteroatoms. The minimum Gasteiger partial charge on any atom is -0.326 e. The van der Waals surface area contributed by atoms with E-state index in [2.05, 4.69) is 13.8 Å². The van der Waals surface area contributed by atoms with Crippen LogP contribution in [0.25, 0.3) is 0 Å². The molecule has 1 nitrogen and oxygen atoms in total. The van der Waals surface area contributed by atoms with Crippen LogP contribution in [0.3, 0.4) is 0 Å². The summed E-state index contributed by atoms with van der Waals surface area (Å²) in [5, 5.41) is 0.448. The number of hydrogen-bond acceptors (Lipinski definition) is 2. The highest BCUT2D eigenvalue weighted by atomic mass is 32.2. The summed E-state index contributed by atoms with van der Waals surface area (Å²) in [5.74, 6) is -0.178. The average molecular weight is 253 g/mol. The summed E-state index contributed by atoms with van der Waals surface area (Å²) in [4.78, 5) is 1.12. The van der Waals surface area contributed by atoms with Crippen molar-refractivity contribution in [2.45, 2.75) is 49.3 Å². The van der Waals surface area contributed by atoms with Gasteiger partial charge in [0.2, 0.25) is 0 Å². The first-order valence-electron chi connectivity index (χ1n) is 6.17. The lowest BCUT2D eigenvalue weighted by Gasteiger charge is -2.41. The van der Waals surface area contributed by atoms with E-state index < -0.39 is 0 Å². The Labute approximate surface area is 107 Å². The van der Waals surface area contributed by atoms with E-state index in [-0.39, 0.29) is 17.3 Å². The maximum Gasteiger partial charge on any atom is 0.123 e. The van der Waals surface area contributed by atoms with E-state index in [1.54, 1.807) is 11.8 Å². The van der Waals surface area contributed by atoms with Crippen LogP contribution in [-0.2, 0) is 0 Å². The molecule has 0 bridgehead atoms. The van der Waals surface area contributed by atoms with Gasteiger partial charge in [0.15, 0.2) is 0 Å². The Balaban J connectivity index is 2.05. The number of nitrogens with two attached hydrogens (primary N) is 1. The van der Waals surface area contributed by atoms with Gasteiger partial charge in [0.05, 0.1) is 0 Å². The van der Waals surface area contributed by atoms with Crippen molar-refractivity contribution in [1.29, 1.82) is 0 Å². The number of benzene rings is 1. The molecular weight excluding hydrogens is 233 g/mol. The van der Waals surface area contributed by atoms with Crippen LogP contribution in [0, 0.1) is 11.2 Å². The van der Waals surface area contributed by atoms with E-state index in [0.29, 0.717) is 5.25 Å². The lowest BCUT2D eigenvalue weighted by molar-refractivity contribution is 0.208. The zero-order valence-corrected chi connectivity index (χ0v) is 11.3. The third-order valence-corrected chi connectivity index (χ3v) is 5.09. The predicted octanol–water partition coefficient (Wildman–Crippen LogP) is 3.82. The summed E-state index contributed by atoms with van der Waals surface area (Å²) < 4.78 is 12.8. The summed E-state index contributed by atoms with van der Waals surface area (Å²) in [5.41, 5.74) is 6.56. The van der Waals surface area contributed by atoms with Crippen LogP contribution in [0.2, 0.25) is 0 Å². The van der Waals surface area contributed by atoms with Crippen molar-refractivity contribution in [3.63, 3.8) is 0 Å². The van der Waals surface area contributed by atoms with Gasteiger partial charge in [0.25, 0.3) is 0 Å². The van der Waals surface area contributed by atoms with Gasteiger partial charge in [-0.3, -0.25) is 0 Å². The van der Waals surface area contributed by atoms with Gasteiger partial charge in [-0.2, -0.15) is 0 Å². The lowest BCUT2D eigenvalue weighted by atomic mass is 9.73. The van der Waals surface area contributed by atoms with Crippen molar-refractivity contribution >= 4 is 11.8 Å². The normalized spacial score (nSPS) is 28.0. The quantitative estimate of drug-likeness (QED) is 0.867. The van der Waals surface area contributed by atoms with Crippen LogP contribution in [0.1, 0.15) is 33.1 Å². The van der Waals surface area contributed by atoms with Crippen molar-refractivity contribution in [2.75, 3.05) is 0 Å². The smallest absolute Gasteiger partial charge is 0.123 e. The summed E-state index contributed by atoms with van der Waals surface area (Å²) >= 11 is 1.79. The fraction of sp³-hybridized carbons (Fsp3) is 0.571. The van der Waals surface area contributed by atoms with Crippen LogP contribution >= 0.6 is 11.8 Å². The standard InChI is InChI=1S/C14H20FNS/c1-14(2)9-3-4-12(13(14)16)17-11-7-5-10(15)6-8-11/h5-8,12-13H,3-4,9,16H2,1-2H3. The van der Waals surface area contributed by atoms with Crippen LogP contribution < -0.4 is 5.73 Å². The van der Waals surface area contributed by atoms with E-state index in [9.17, 15) is 4.39 Å². The third-order valence-electron chi connectivity index (χ3n) is 3.71. The molecule has 1 saturated carbocycles. The monoisotopic (exact) mass is 253 g/mol. The third kappa shape index (κ3) is 3.02. The molecule has 2 N–H and O–H groups in total. The van der Waals surface area contributed by atoms with E-state index in [4.69, 9.17) is 5.73 Å². The maximum atomic E-state index is 12.8. The topological polar surface area (TPSA) is 26.0 Å². The molecule has 2 atom stereocenters. The van der Waals surface area contributed by atoms with Crippen molar-refractivity contribution in [1.82, 2.24) is 0 Å². The lowest BCUT2D eigenvalue weighted by Crippen LogP contribution is -2.48. The van der Waals surface area contributed by atoms with Crippen molar-refractivity contribution in [3.05, 3.63) is 30.1 Å². The van der Waals surface area contributed by atoms with E-state index in [0.717, 1.165) is 11.3 Å². The van der Waals surface area contributed by atoms with Crippen molar-refractivity contribution in [3.8, 4) is 0 Å². The Morgan fingerprint density at radius 1 is 1.29 bits per heavy atom. The molecule has 2 unspecified atom stereocenters. The molecule has 0 radical (unpaired) electrons. The number of thioether (sulfide) groups is 1. The second-order valence-corrected chi connectivity index (χ2v) is 6.83. The molecule has 0 heterocycles. The average Bonchev–Trinajstić information content (AvgIpc) is 2.28. The Bertz CT molecular complexity index is 374. The number of rotatable bonds is 2. The molecule has 1 aliphatic rings. The van der Waals surface area contributed by atoms with Gasteiger partial charge >= 0.3 is 0 Å². The van der Waals surface area contributed by atoms with Gasteiger partial charge in [0.1, 0.15) is 5.82 Å². The highest BCUT2D eigenvalue weighted by Gasteiger charge is 2.36. The first-order chi connectivity index (χ1) is 7.99. The molecule has 0 aliphatic heterocycles. The Hall–Kier alpha value is -0.540. The molecule has 0 saturated heterocycles. The predicted molar refractivity (Wildman–Crippen MR) is 71.7 cm³/mol. The molecule has 1 fully saturated rings. The van der Waals surface area contributed by atoms with E-state index >= 15 is 0 Å². The molecule has 0 amide bonds. The fourth-order valence-corrected chi connectivity index (χ4v) is 3.87.